The molecule has 0 atom stereocenters. The number of piperazine rings is 1. The van der Waals surface area contributed by atoms with Crippen molar-refractivity contribution in [2.75, 3.05) is 57.0 Å². The molecule has 0 spiro atoms. The standard InChI is InChI=1S/C20H25FN4O3S/c1-23(2)29(27,28)17-7-5-6-16(14-17)22-20(26)15-24-10-12-25(13-11-24)19-9-4-3-8-18(19)21/h3-9,14H,10-13,15H2,1-2H3,(H,22,26). The van der Waals surface area contributed by atoms with Crippen LogP contribution in [0.3, 0.4) is 0 Å². The molecular weight excluding hydrogens is 395 g/mol. The Morgan fingerprint density at radius 2 is 1.76 bits per heavy atom. The van der Waals surface area contributed by atoms with Gasteiger partial charge in [-0.3, -0.25) is 9.69 Å². The maximum Gasteiger partial charge on any atom is 0.242 e. The van der Waals surface area contributed by atoms with Crippen LogP contribution >= 0.6 is 0 Å². The van der Waals surface area contributed by atoms with E-state index in [1.807, 2.05) is 15.9 Å². The Hall–Kier alpha value is -2.49. The van der Waals surface area contributed by atoms with Crippen LogP contribution in [0.5, 0.6) is 0 Å². The molecule has 29 heavy (non-hydrogen) atoms. The average Bonchev–Trinajstić information content (AvgIpc) is 2.69. The molecule has 0 unspecified atom stereocenters. The van der Waals surface area contributed by atoms with Gasteiger partial charge in [0.15, 0.2) is 0 Å². The highest BCUT2D eigenvalue weighted by molar-refractivity contribution is 7.89. The van der Waals surface area contributed by atoms with E-state index < -0.39 is 10.0 Å². The topological polar surface area (TPSA) is 73.0 Å². The Kier molecular flexibility index (Phi) is 6.51. The molecule has 1 aliphatic rings. The Bertz CT molecular complexity index is 973. The lowest BCUT2D eigenvalue weighted by molar-refractivity contribution is -0.117. The van der Waals surface area contributed by atoms with Gasteiger partial charge in [-0.2, -0.15) is 0 Å². The minimum atomic E-state index is -3.56. The number of hydrogen-bond donors (Lipinski definition) is 1. The zero-order valence-electron chi connectivity index (χ0n) is 16.5. The predicted octanol–water partition coefficient (Wildman–Crippen LogP) is 1.84. The monoisotopic (exact) mass is 420 g/mol. The van der Waals surface area contributed by atoms with Crippen molar-refractivity contribution in [3.63, 3.8) is 0 Å². The van der Waals surface area contributed by atoms with E-state index in [9.17, 15) is 17.6 Å². The summed E-state index contributed by atoms with van der Waals surface area (Å²) >= 11 is 0. The molecule has 1 fully saturated rings. The second-order valence-electron chi connectivity index (χ2n) is 7.08. The van der Waals surface area contributed by atoms with E-state index in [1.54, 1.807) is 24.3 Å². The van der Waals surface area contributed by atoms with E-state index in [-0.39, 0.29) is 23.2 Å². The first kappa shape index (κ1) is 21.2. The molecule has 0 saturated carbocycles. The summed E-state index contributed by atoms with van der Waals surface area (Å²) in [4.78, 5) is 16.5. The normalized spacial score (nSPS) is 15.5. The number of nitrogens with one attached hydrogen (secondary N) is 1. The second kappa shape index (κ2) is 8.89. The van der Waals surface area contributed by atoms with E-state index in [4.69, 9.17) is 0 Å². The zero-order chi connectivity index (χ0) is 21.0. The van der Waals surface area contributed by atoms with Crippen LogP contribution in [0.4, 0.5) is 15.8 Å². The molecule has 2 aromatic rings. The Labute approximate surface area is 170 Å². The van der Waals surface area contributed by atoms with E-state index in [1.165, 1.54) is 32.3 Å². The highest BCUT2D eigenvalue weighted by Gasteiger charge is 2.21. The second-order valence-corrected chi connectivity index (χ2v) is 9.23. The summed E-state index contributed by atoms with van der Waals surface area (Å²) in [5, 5.41) is 2.76. The van der Waals surface area contributed by atoms with Gasteiger partial charge >= 0.3 is 0 Å². The third-order valence-corrected chi connectivity index (χ3v) is 6.64. The van der Waals surface area contributed by atoms with Gasteiger partial charge in [-0.1, -0.05) is 18.2 Å². The van der Waals surface area contributed by atoms with Crippen molar-refractivity contribution in [1.82, 2.24) is 9.21 Å². The van der Waals surface area contributed by atoms with Crippen LogP contribution in [-0.2, 0) is 14.8 Å². The van der Waals surface area contributed by atoms with Gasteiger partial charge in [-0.25, -0.2) is 17.1 Å². The van der Waals surface area contributed by atoms with Crippen LogP contribution in [0, 0.1) is 5.82 Å². The molecule has 1 saturated heterocycles. The summed E-state index contributed by atoms with van der Waals surface area (Å²) in [5.74, 6) is -0.463. The summed E-state index contributed by atoms with van der Waals surface area (Å²) in [6.07, 6.45) is 0. The third kappa shape index (κ3) is 5.11. The quantitative estimate of drug-likeness (QED) is 0.772. The summed E-state index contributed by atoms with van der Waals surface area (Å²) < 4.78 is 39.5. The lowest BCUT2D eigenvalue weighted by atomic mass is 10.2. The first-order chi connectivity index (χ1) is 13.8. The van der Waals surface area contributed by atoms with Crippen molar-refractivity contribution in [3.05, 3.63) is 54.3 Å². The summed E-state index contributed by atoms with van der Waals surface area (Å²) in [5.41, 5.74) is 1.01. The number of rotatable bonds is 6. The van der Waals surface area contributed by atoms with E-state index in [0.29, 0.717) is 37.6 Å². The molecule has 0 bridgehead atoms. The van der Waals surface area contributed by atoms with Crippen molar-refractivity contribution in [2.45, 2.75) is 4.90 Å². The van der Waals surface area contributed by atoms with Gasteiger partial charge in [0.2, 0.25) is 15.9 Å². The van der Waals surface area contributed by atoms with Gasteiger partial charge in [-0.05, 0) is 30.3 Å². The van der Waals surface area contributed by atoms with Gasteiger partial charge in [-0.15, -0.1) is 0 Å². The number of nitrogens with zero attached hydrogens (tertiary/aromatic N) is 3. The molecule has 3 rings (SSSR count). The van der Waals surface area contributed by atoms with Crippen LogP contribution in [0.2, 0.25) is 0 Å². The van der Waals surface area contributed by atoms with Crippen LogP contribution in [0.1, 0.15) is 0 Å². The summed E-state index contributed by atoms with van der Waals surface area (Å²) in [6.45, 7) is 2.72. The number of para-hydroxylation sites is 1. The smallest absolute Gasteiger partial charge is 0.242 e. The van der Waals surface area contributed by atoms with Crippen molar-refractivity contribution in [1.29, 1.82) is 0 Å². The molecular formula is C20H25FN4O3S. The largest absolute Gasteiger partial charge is 0.367 e. The van der Waals surface area contributed by atoms with Gasteiger partial charge in [0, 0.05) is 46.0 Å². The fourth-order valence-corrected chi connectivity index (χ4v) is 4.15. The molecule has 0 radical (unpaired) electrons. The molecule has 2 aromatic carbocycles. The van der Waals surface area contributed by atoms with Crippen LogP contribution in [-0.4, -0.2) is 70.3 Å². The molecule has 1 amide bonds. The molecule has 7 nitrogen and oxygen atoms in total. The van der Waals surface area contributed by atoms with E-state index >= 15 is 0 Å². The minimum absolute atomic E-state index is 0.124. The molecule has 156 valence electrons. The van der Waals surface area contributed by atoms with E-state index in [0.717, 1.165) is 4.31 Å². The van der Waals surface area contributed by atoms with Crippen molar-refractivity contribution in [2.24, 2.45) is 0 Å². The number of hydrogen-bond acceptors (Lipinski definition) is 5. The summed E-state index contributed by atoms with van der Waals surface area (Å²) in [6, 6.07) is 12.9. The first-order valence-corrected chi connectivity index (χ1v) is 10.8. The number of sulfonamides is 1. The summed E-state index contributed by atoms with van der Waals surface area (Å²) in [7, 11) is -0.643. The van der Waals surface area contributed by atoms with Gasteiger partial charge in [0.1, 0.15) is 5.82 Å². The first-order valence-electron chi connectivity index (χ1n) is 9.31. The number of amides is 1. The maximum atomic E-state index is 13.9. The predicted molar refractivity (Wildman–Crippen MR) is 111 cm³/mol. The highest BCUT2D eigenvalue weighted by atomic mass is 32.2. The van der Waals surface area contributed by atoms with Crippen molar-refractivity contribution in [3.8, 4) is 0 Å². The zero-order valence-corrected chi connectivity index (χ0v) is 17.3. The maximum absolute atomic E-state index is 13.9. The lowest BCUT2D eigenvalue weighted by Crippen LogP contribution is -2.48. The molecule has 1 heterocycles. The number of halogens is 1. The Morgan fingerprint density at radius 3 is 2.41 bits per heavy atom. The lowest BCUT2D eigenvalue weighted by Gasteiger charge is -2.35. The Balaban J connectivity index is 1.55. The fraction of sp³-hybridized carbons (Fsp3) is 0.350. The fourth-order valence-electron chi connectivity index (χ4n) is 3.20. The molecule has 9 heteroatoms. The molecule has 1 aliphatic heterocycles. The average molecular weight is 421 g/mol. The Morgan fingerprint density at radius 1 is 1.07 bits per heavy atom. The van der Waals surface area contributed by atoms with Crippen molar-refractivity contribution >= 4 is 27.3 Å². The van der Waals surface area contributed by atoms with Gasteiger partial charge in [0.25, 0.3) is 0 Å². The highest BCUT2D eigenvalue weighted by Crippen LogP contribution is 2.20. The molecule has 0 aromatic heterocycles. The third-order valence-electron chi connectivity index (χ3n) is 4.83. The van der Waals surface area contributed by atoms with Crippen molar-refractivity contribution < 1.29 is 17.6 Å². The molecule has 0 aliphatic carbocycles. The van der Waals surface area contributed by atoms with E-state index in [2.05, 4.69) is 5.32 Å². The molecule has 1 N–H and O–H groups in total. The van der Waals surface area contributed by atoms with Gasteiger partial charge in [0.05, 0.1) is 17.1 Å². The number of carbonyl (C=O) groups is 1. The minimum Gasteiger partial charge on any atom is -0.367 e. The number of carbonyl (C=O) groups excluding carboxylic acids is 1. The van der Waals surface area contributed by atoms with Crippen LogP contribution in [0.15, 0.2) is 53.4 Å². The SMILES string of the molecule is CN(C)S(=O)(=O)c1cccc(NC(=O)CN2CCN(c3ccccc3F)CC2)c1. The van der Waals surface area contributed by atoms with Crippen LogP contribution < -0.4 is 10.2 Å². The number of benzene rings is 2. The van der Waals surface area contributed by atoms with Crippen LogP contribution in [0.25, 0.3) is 0 Å². The number of anilines is 2. The van der Waals surface area contributed by atoms with Gasteiger partial charge < -0.3 is 10.2 Å².